The van der Waals surface area contributed by atoms with E-state index in [4.69, 9.17) is 0 Å². The molecule has 0 unspecified atom stereocenters. The van der Waals surface area contributed by atoms with Crippen LogP contribution in [0.3, 0.4) is 0 Å². The van der Waals surface area contributed by atoms with Crippen LogP contribution in [0.15, 0.2) is 53.4 Å². The van der Waals surface area contributed by atoms with Gasteiger partial charge in [0.2, 0.25) is 11.8 Å². The Morgan fingerprint density at radius 1 is 1.12 bits per heavy atom. The summed E-state index contributed by atoms with van der Waals surface area (Å²) >= 11 is 0. The van der Waals surface area contributed by atoms with E-state index in [1.807, 2.05) is 6.92 Å². The van der Waals surface area contributed by atoms with E-state index in [0.717, 1.165) is 0 Å². The third-order valence-electron chi connectivity index (χ3n) is 5.46. The average Bonchev–Trinajstić information content (AvgIpc) is 3.00. The van der Waals surface area contributed by atoms with Crippen LogP contribution in [0.1, 0.15) is 42.6 Å². The van der Waals surface area contributed by atoms with Crippen molar-refractivity contribution >= 4 is 27.7 Å². The quantitative estimate of drug-likeness (QED) is 0.599. The summed E-state index contributed by atoms with van der Waals surface area (Å²) in [6.45, 7) is 3.28. The van der Waals surface area contributed by atoms with Gasteiger partial charge < -0.3 is 10.2 Å². The van der Waals surface area contributed by atoms with Gasteiger partial charge >= 0.3 is 0 Å². The molecule has 3 amide bonds. The van der Waals surface area contributed by atoms with Crippen molar-refractivity contribution in [2.75, 3.05) is 13.1 Å². The van der Waals surface area contributed by atoms with Crippen molar-refractivity contribution in [3.8, 4) is 0 Å². The molecule has 1 aliphatic rings. The topological polar surface area (TPSA) is 104 Å². The summed E-state index contributed by atoms with van der Waals surface area (Å²) in [7, 11) is -4.06. The third-order valence-corrected chi connectivity index (χ3v) is 7.30. The average molecular weight is 476 g/mol. The van der Waals surface area contributed by atoms with Crippen molar-refractivity contribution in [2.24, 2.45) is 0 Å². The number of carbonyl (C=O) groups excluding carboxylic acids is 3. The molecule has 1 N–H and O–H groups in total. The molecule has 1 atom stereocenters. The molecule has 2 aromatic carbocycles. The van der Waals surface area contributed by atoms with Crippen molar-refractivity contribution in [3.63, 3.8) is 0 Å². The molecule has 33 heavy (non-hydrogen) atoms. The molecular formula is C23H26FN3O5S. The maximum atomic E-state index is 14.2. The molecule has 1 heterocycles. The molecule has 3 rings (SSSR count). The van der Waals surface area contributed by atoms with Gasteiger partial charge in [-0.2, -0.15) is 0 Å². The smallest absolute Gasteiger partial charge is 0.269 e. The zero-order valence-electron chi connectivity index (χ0n) is 18.5. The second kappa shape index (κ2) is 10.1. The molecule has 176 valence electrons. The standard InChI is InChI=1S/C23H26FN3O5S/c1-3-13-25-22(29)16(2)26(15-17-8-4-6-10-19(17)24)21(28)12-14-27-23(30)18-9-5-7-11-20(18)33(27,31)32/h4-11,16H,3,12-15H2,1-2H3,(H,25,29)/t16-/m1/s1. The number of fused-ring (bicyclic) bond motifs is 1. The van der Waals surface area contributed by atoms with Crippen LogP contribution in [-0.2, 0) is 26.2 Å². The van der Waals surface area contributed by atoms with E-state index >= 15 is 0 Å². The zero-order chi connectivity index (χ0) is 24.2. The number of rotatable bonds is 9. The number of carbonyl (C=O) groups is 3. The Morgan fingerprint density at radius 3 is 2.45 bits per heavy atom. The van der Waals surface area contributed by atoms with E-state index in [1.54, 1.807) is 12.1 Å². The number of sulfonamides is 1. The Kier molecular flexibility index (Phi) is 7.47. The van der Waals surface area contributed by atoms with Crippen LogP contribution < -0.4 is 5.32 Å². The number of hydrogen-bond donors (Lipinski definition) is 1. The first-order chi connectivity index (χ1) is 15.7. The Hall–Kier alpha value is -3.27. The fourth-order valence-corrected chi connectivity index (χ4v) is 5.15. The van der Waals surface area contributed by atoms with Crippen LogP contribution in [0.4, 0.5) is 4.39 Å². The second-order valence-corrected chi connectivity index (χ2v) is 9.54. The fourth-order valence-electron chi connectivity index (χ4n) is 3.58. The highest BCUT2D eigenvalue weighted by atomic mass is 32.2. The normalized spacial score (nSPS) is 15.1. The SMILES string of the molecule is CCCNC(=O)[C@@H](C)N(Cc1ccccc1F)C(=O)CCN1C(=O)c2ccccc2S1(=O)=O. The van der Waals surface area contributed by atoms with Gasteiger partial charge in [0, 0.05) is 31.6 Å². The number of halogens is 1. The molecule has 0 saturated carbocycles. The minimum Gasteiger partial charge on any atom is -0.354 e. The van der Waals surface area contributed by atoms with Gasteiger partial charge in [-0.15, -0.1) is 0 Å². The number of amides is 3. The van der Waals surface area contributed by atoms with Gasteiger partial charge in [-0.25, -0.2) is 17.1 Å². The lowest BCUT2D eigenvalue weighted by Gasteiger charge is -2.29. The maximum Gasteiger partial charge on any atom is 0.269 e. The molecule has 0 bridgehead atoms. The predicted octanol–water partition coefficient (Wildman–Crippen LogP) is 2.30. The van der Waals surface area contributed by atoms with Crippen LogP contribution in [0.2, 0.25) is 0 Å². The molecular weight excluding hydrogens is 449 g/mol. The highest BCUT2D eigenvalue weighted by molar-refractivity contribution is 7.90. The van der Waals surface area contributed by atoms with Gasteiger partial charge in [0.1, 0.15) is 16.8 Å². The highest BCUT2D eigenvalue weighted by Crippen LogP contribution is 2.30. The van der Waals surface area contributed by atoms with Gasteiger partial charge in [0.25, 0.3) is 15.9 Å². The van der Waals surface area contributed by atoms with Crippen molar-refractivity contribution in [2.45, 2.75) is 44.2 Å². The molecule has 0 spiro atoms. The van der Waals surface area contributed by atoms with Gasteiger partial charge in [-0.05, 0) is 31.5 Å². The summed E-state index contributed by atoms with van der Waals surface area (Å²) in [6.07, 6.45) is 0.355. The molecule has 1 aliphatic heterocycles. The summed E-state index contributed by atoms with van der Waals surface area (Å²) in [6, 6.07) is 10.8. The lowest BCUT2D eigenvalue weighted by molar-refractivity contribution is -0.140. The first-order valence-electron chi connectivity index (χ1n) is 10.6. The van der Waals surface area contributed by atoms with E-state index in [9.17, 15) is 27.2 Å². The van der Waals surface area contributed by atoms with Crippen molar-refractivity contribution in [1.29, 1.82) is 0 Å². The van der Waals surface area contributed by atoms with Gasteiger partial charge in [-0.3, -0.25) is 14.4 Å². The van der Waals surface area contributed by atoms with Crippen LogP contribution in [0, 0.1) is 5.82 Å². The monoisotopic (exact) mass is 475 g/mol. The number of nitrogens with one attached hydrogen (secondary N) is 1. The van der Waals surface area contributed by atoms with E-state index < -0.39 is 39.6 Å². The van der Waals surface area contributed by atoms with Crippen LogP contribution in [-0.4, -0.2) is 54.5 Å². The predicted molar refractivity (Wildman–Crippen MR) is 119 cm³/mol. The first kappa shape index (κ1) is 24.4. The van der Waals surface area contributed by atoms with Gasteiger partial charge in [-0.1, -0.05) is 37.3 Å². The second-order valence-electron chi connectivity index (χ2n) is 7.71. The summed E-state index contributed by atoms with van der Waals surface area (Å²) in [4.78, 5) is 39.3. The third kappa shape index (κ3) is 5.05. The summed E-state index contributed by atoms with van der Waals surface area (Å²) in [5, 5.41) is 2.71. The van der Waals surface area contributed by atoms with Crippen LogP contribution in [0.25, 0.3) is 0 Å². The molecule has 10 heteroatoms. The Balaban J connectivity index is 1.79. The molecule has 8 nitrogen and oxygen atoms in total. The van der Waals surface area contributed by atoms with Crippen LogP contribution >= 0.6 is 0 Å². The van der Waals surface area contributed by atoms with Crippen molar-refractivity contribution < 1.29 is 27.2 Å². The largest absolute Gasteiger partial charge is 0.354 e. The molecule has 0 saturated heterocycles. The van der Waals surface area contributed by atoms with E-state index in [0.29, 0.717) is 17.3 Å². The van der Waals surface area contributed by atoms with Crippen molar-refractivity contribution in [3.05, 3.63) is 65.5 Å². The number of nitrogens with zero attached hydrogens (tertiary/aromatic N) is 2. The minimum atomic E-state index is -4.06. The number of benzene rings is 2. The van der Waals surface area contributed by atoms with E-state index in [1.165, 1.54) is 48.2 Å². The number of hydrogen-bond acceptors (Lipinski definition) is 5. The lowest BCUT2D eigenvalue weighted by Crippen LogP contribution is -2.48. The van der Waals surface area contributed by atoms with E-state index in [-0.39, 0.29) is 35.5 Å². The van der Waals surface area contributed by atoms with Crippen LogP contribution in [0.5, 0.6) is 0 Å². The maximum absolute atomic E-state index is 14.2. The Morgan fingerprint density at radius 2 is 1.79 bits per heavy atom. The molecule has 0 fully saturated rings. The van der Waals surface area contributed by atoms with Crippen molar-refractivity contribution in [1.82, 2.24) is 14.5 Å². The Bertz CT molecular complexity index is 1170. The summed E-state index contributed by atoms with van der Waals surface area (Å²) < 4.78 is 40.4. The summed E-state index contributed by atoms with van der Waals surface area (Å²) in [5.41, 5.74) is 0.277. The molecule has 0 radical (unpaired) electrons. The first-order valence-corrected chi connectivity index (χ1v) is 12.1. The summed E-state index contributed by atoms with van der Waals surface area (Å²) in [5.74, 6) is -2.20. The molecule has 2 aromatic rings. The zero-order valence-corrected chi connectivity index (χ0v) is 19.3. The molecule has 0 aliphatic carbocycles. The molecule has 0 aromatic heterocycles. The van der Waals surface area contributed by atoms with Gasteiger partial charge in [0.15, 0.2) is 0 Å². The van der Waals surface area contributed by atoms with E-state index in [2.05, 4.69) is 5.32 Å². The minimum absolute atomic E-state index is 0.0560. The van der Waals surface area contributed by atoms with Gasteiger partial charge in [0.05, 0.1) is 5.56 Å². The Labute approximate surface area is 192 Å². The highest BCUT2D eigenvalue weighted by Gasteiger charge is 2.41. The fraction of sp³-hybridized carbons (Fsp3) is 0.348. The lowest BCUT2D eigenvalue weighted by atomic mass is 10.1.